The maximum absolute atomic E-state index is 12.9. The maximum atomic E-state index is 12.9. The molecule has 1 saturated heterocycles. The SMILES string of the molecule is CCc1c(C)nn(CC(=O)N2CCC[C@H](c3ccnn3CC(=O)O)C2)c1C. The van der Waals surface area contributed by atoms with E-state index in [0.29, 0.717) is 6.54 Å². The smallest absolute Gasteiger partial charge is 0.325 e. The number of aryl methyl sites for hydroxylation is 1. The monoisotopic (exact) mass is 373 g/mol. The van der Waals surface area contributed by atoms with Gasteiger partial charge in [0.25, 0.3) is 0 Å². The quantitative estimate of drug-likeness (QED) is 0.833. The fraction of sp³-hybridized carbons (Fsp3) is 0.579. The first-order chi connectivity index (χ1) is 12.9. The summed E-state index contributed by atoms with van der Waals surface area (Å²) in [5.41, 5.74) is 4.12. The summed E-state index contributed by atoms with van der Waals surface area (Å²) in [4.78, 5) is 25.8. The van der Waals surface area contributed by atoms with Gasteiger partial charge in [0, 0.05) is 36.6 Å². The number of rotatable bonds is 6. The van der Waals surface area contributed by atoms with Gasteiger partial charge in [-0.1, -0.05) is 6.92 Å². The largest absolute Gasteiger partial charge is 0.480 e. The fourth-order valence-corrected chi connectivity index (χ4v) is 4.02. The Morgan fingerprint density at radius 2 is 2.04 bits per heavy atom. The van der Waals surface area contributed by atoms with E-state index in [4.69, 9.17) is 5.11 Å². The average Bonchev–Trinajstić information content (AvgIpc) is 3.19. The Morgan fingerprint density at radius 1 is 1.26 bits per heavy atom. The van der Waals surface area contributed by atoms with E-state index in [9.17, 15) is 9.59 Å². The predicted molar refractivity (Wildman–Crippen MR) is 99.5 cm³/mol. The number of piperidine rings is 1. The highest BCUT2D eigenvalue weighted by Crippen LogP contribution is 2.27. The molecule has 1 fully saturated rings. The molecule has 0 bridgehead atoms. The summed E-state index contributed by atoms with van der Waals surface area (Å²) >= 11 is 0. The molecule has 0 radical (unpaired) electrons. The van der Waals surface area contributed by atoms with Crippen molar-refractivity contribution >= 4 is 11.9 Å². The normalized spacial score (nSPS) is 17.3. The highest BCUT2D eigenvalue weighted by molar-refractivity contribution is 5.76. The molecule has 1 N–H and O–H groups in total. The van der Waals surface area contributed by atoms with Gasteiger partial charge < -0.3 is 10.0 Å². The van der Waals surface area contributed by atoms with Crippen LogP contribution in [0.1, 0.15) is 48.3 Å². The molecule has 3 heterocycles. The van der Waals surface area contributed by atoms with Crippen LogP contribution >= 0.6 is 0 Å². The Morgan fingerprint density at radius 3 is 2.70 bits per heavy atom. The lowest BCUT2D eigenvalue weighted by molar-refractivity contribution is -0.138. The number of likely N-dealkylation sites (tertiary alicyclic amines) is 1. The van der Waals surface area contributed by atoms with Crippen LogP contribution in [-0.4, -0.2) is 54.5 Å². The van der Waals surface area contributed by atoms with E-state index in [1.807, 2.05) is 24.8 Å². The van der Waals surface area contributed by atoms with Crippen LogP contribution in [0, 0.1) is 13.8 Å². The van der Waals surface area contributed by atoms with Crippen molar-refractivity contribution < 1.29 is 14.7 Å². The maximum Gasteiger partial charge on any atom is 0.325 e. The van der Waals surface area contributed by atoms with E-state index in [1.54, 1.807) is 10.9 Å². The lowest BCUT2D eigenvalue weighted by Crippen LogP contribution is -2.41. The molecule has 2 aromatic rings. The number of amides is 1. The Bertz CT molecular complexity index is 839. The topological polar surface area (TPSA) is 93.3 Å². The van der Waals surface area contributed by atoms with Gasteiger partial charge in [0.1, 0.15) is 13.1 Å². The molecule has 0 aliphatic carbocycles. The zero-order valence-corrected chi connectivity index (χ0v) is 16.2. The van der Waals surface area contributed by atoms with E-state index in [-0.39, 0.29) is 24.9 Å². The molecule has 1 aliphatic rings. The minimum absolute atomic E-state index is 0.0530. The number of aliphatic carboxylic acids is 1. The van der Waals surface area contributed by atoms with Gasteiger partial charge in [-0.05, 0) is 44.7 Å². The van der Waals surface area contributed by atoms with Crippen LogP contribution in [0.15, 0.2) is 12.3 Å². The molecule has 146 valence electrons. The lowest BCUT2D eigenvalue weighted by Gasteiger charge is -2.33. The second-order valence-corrected chi connectivity index (χ2v) is 7.15. The number of aromatic nitrogens is 4. The van der Waals surface area contributed by atoms with E-state index in [0.717, 1.165) is 42.9 Å². The van der Waals surface area contributed by atoms with Crippen LogP contribution in [0.25, 0.3) is 0 Å². The standard InChI is InChI=1S/C19H27N5O3/c1-4-16-13(2)21-23(14(16)3)11-18(25)22-9-5-6-15(10-22)17-7-8-20-24(17)12-19(26)27/h7-8,15H,4-6,9-12H2,1-3H3,(H,26,27)/t15-/m0/s1. The predicted octanol–water partition coefficient (Wildman–Crippen LogP) is 1.75. The molecule has 3 rings (SSSR count). The molecular formula is C19H27N5O3. The van der Waals surface area contributed by atoms with Crippen LogP contribution in [-0.2, 0) is 29.1 Å². The van der Waals surface area contributed by atoms with Crippen molar-refractivity contribution in [3.8, 4) is 0 Å². The van der Waals surface area contributed by atoms with Crippen LogP contribution in [0.3, 0.4) is 0 Å². The molecular weight excluding hydrogens is 346 g/mol. The van der Waals surface area contributed by atoms with Crippen LogP contribution in [0.4, 0.5) is 0 Å². The molecule has 2 aromatic heterocycles. The summed E-state index contributed by atoms with van der Waals surface area (Å²) in [5, 5.41) is 17.7. The van der Waals surface area contributed by atoms with E-state index in [1.165, 1.54) is 10.2 Å². The second kappa shape index (κ2) is 7.94. The lowest BCUT2D eigenvalue weighted by atomic mass is 9.94. The molecule has 27 heavy (non-hydrogen) atoms. The number of hydrogen-bond donors (Lipinski definition) is 1. The summed E-state index contributed by atoms with van der Waals surface area (Å²) < 4.78 is 3.32. The van der Waals surface area contributed by atoms with Gasteiger partial charge in [0.05, 0.1) is 5.69 Å². The highest BCUT2D eigenvalue weighted by Gasteiger charge is 2.27. The Kier molecular flexibility index (Phi) is 5.62. The van der Waals surface area contributed by atoms with Crippen LogP contribution in [0.2, 0.25) is 0 Å². The number of carboxylic acids is 1. The third kappa shape index (κ3) is 4.04. The number of carboxylic acid groups (broad SMARTS) is 1. The average molecular weight is 373 g/mol. The number of carbonyl (C=O) groups excluding carboxylic acids is 1. The Hall–Kier alpha value is -2.64. The third-order valence-corrected chi connectivity index (χ3v) is 5.40. The molecule has 0 aromatic carbocycles. The van der Waals surface area contributed by atoms with E-state index in [2.05, 4.69) is 17.1 Å². The van der Waals surface area contributed by atoms with Gasteiger partial charge in [-0.25, -0.2) is 0 Å². The van der Waals surface area contributed by atoms with Crippen LogP contribution < -0.4 is 0 Å². The molecule has 8 heteroatoms. The highest BCUT2D eigenvalue weighted by atomic mass is 16.4. The molecule has 0 unspecified atom stereocenters. The third-order valence-electron chi connectivity index (χ3n) is 5.40. The first-order valence-corrected chi connectivity index (χ1v) is 9.44. The minimum atomic E-state index is -0.917. The van der Waals surface area contributed by atoms with Gasteiger partial charge in [-0.3, -0.25) is 19.0 Å². The van der Waals surface area contributed by atoms with E-state index >= 15 is 0 Å². The van der Waals surface area contributed by atoms with Gasteiger partial charge in [-0.2, -0.15) is 10.2 Å². The molecule has 1 aliphatic heterocycles. The molecule has 0 saturated carbocycles. The van der Waals surface area contributed by atoms with Crippen molar-refractivity contribution in [2.24, 2.45) is 0 Å². The summed E-state index contributed by atoms with van der Waals surface area (Å²) in [6.07, 6.45) is 4.35. The van der Waals surface area contributed by atoms with Crippen molar-refractivity contribution in [1.82, 2.24) is 24.5 Å². The number of hydrogen-bond acceptors (Lipinski definition) is 4. The summed E-state index contributed by atoms with van der Waals surface area (Å²) in [6, 6.07) is 1.86. The molecule has 0 spiro atoms. The number of carbonyl (C=O) groups is 2. The van der Waals surface area contributed by atoms with Gasteiger partial charge in [-0.15, -0.1) is 0 Å². The van der Waals surface area contributed by atoms with Gasteiger partial charge >= 0.3 is 5.97 Å². The zero-order chi connectivity index (χ0) is 19.6. The molecule has 1 atom stereocenters. The van der Waals surface area contributed by atoms with Crippen molar-refractivity contribution in [3.05, 3.63) is 34.9 Å². The fourth-order valence-electron chi connectivity index (χ4n) is 4.02. The van der Waals surface area contributed by atoms with Crippen LogP contribution in [0.5, 0.6) is 0 Å². The first-order valence-electron chi connectivity index (χ1n) is 9.44. The minimum Gasteiger partial charge on any atom is -0.480 e. The summed E-state index contributed by atoms with van der Waals surface area (Å²) in [5.74, 6) is -0.756. The summed E-state index contributed by atoms with van der Waals surface area (Å²) in [6.45, 7) is 7.49. The first kappa shape index (κ1) is 19.1. The molecule has 1 amide bonds. The number of nitrogens with zero attached hydrogens (tertiary/aromatic N) is 5. The summed E-state index contributed by atoms with van der Waals surface area (Å²) in [7, 11) is 0. The Balaban J connectivity index is 1.70. The van der Waals surface area contributed by atoms with Crippen molar-refractivity contribution in [1.29, 1.82) is 0 Å². The molecule has 8 nitrogen and oxygen atoms in total. The second-order valence-electron chi connectivity index (χ2n) is 7.15. The van der Waals surface area contributed by atoms with Crippen molar-refractivity contribution in [3.63, 3.8) is 0 Å². The zero-order valence-electron chi connectivity index (χ0n) is 16.2. The van der Waals surface area contributed by atoms with Crippen molar-refractivity contribution in [2.75, 3.05) is 13.1 Å². The van der Waals surface area contributed by atoms with E-state index < -0.39 is 5.97 Å². The Labute approximate surface area is 158 Å². The van der Waals surface area contributed by atoms with Crippen molar-refractivity contribution in [2.45, 2.75) is 59.0 Å². The van der Waals surface area contributed by atoms with Gasteiger partial charge in [0.15, 0.2) is 0 Å². The van der Waals surface area contributed by atoms with Gasteiger partial charge in [0.2, 0.25) is 5.91 Å².